The smallest absolute Gasteiger partial charge is 0.111 e. The van der Waals surface area contributed by atoms with E-state index in [1.54, 1.807) is 0 Å². The van der Waals surface area contributed by atoms with Gasteiger partial charge in [-0.05, 0) is 46.2 Å². The summed E-state index contributed by atoms with van der Waals surface area (Å²) in [6.45, 7) is 9.71. The first-order chi connectivity index (χ1) is 10.1. The molecule has 4 heteroatoms. The maximum absolute atomic E-state index is 10.8. The lowest BCUT2D eigenvalue weighted by atomic mass is 9.91. The molecule has 1 aromatic rings. The van der Waals surface area contributed by atoms with Gasteiger partial charge in [0.1, 0.15) is 5.82 Å². The summed E-state index contributed by atoms with van der Waals surface area (Å²) in [6, 6.07) is 0. The average Bonchev–Trinajstić information content (AvgIpc) is 2.73. The fraction of sp³-hybridized carbons (Fsp3) is 0.824. The van der Waals surface area contributed by atoms with Crippen molar-refractivity contribution < 1.29 is 5.11 Å². The molecule has 4 nitrogen and oxygen atoms in total. The summed E-state index contributed by atoms with van der Waals surface area (Å²) in [6.07, 6.45) is 10.4. The summed E-state index contributed by atoms with van der Waals surface area (Å²) in [5.74, 6) is 1.01. The Kier molecular flexibility index (Phi) is 5.82. The van der Waals surface area contributed by atoms with Crippen LogP contribution < -0.4 is 0 Å². The van der Waals surface area contributed by atoms with Crippen molar-refractivity contribution in [3.05, 3.63) is 18.2 Å². The minimum absolute atomic E-state index is 0.187. The van der Waals surface area contributed by atoms with Crippen LogP contribution in [0.3, 0.4) is 0 Å². The Morgan fingerprint density at radius 3 is 2.52 bits per heavy atom. The van der Waals surface area contributed by atoms with Crippen LogP contribution in [0.15, 0.2) is 12.4 Å². The number of rotatable bonds is 6. The van der Waals surface area contributed by atoms with Crippen LogP contribution in [0.5, 0.6) is 0 Å². The van der Waals surface area contributed by atoms with Gasteiger partial charge < -0.3 is 9.67 Å². The SMILES string of the molecule is CCCn1ccnc1CC(O)C(C)(C)N1CCCCCC1. The summed E-state index contributed by atoms with van der Waals surface area (Å²) < 4.78 is 2.17. The van der Waals surface area contributed by atoms with Gasteiger partial charge in [-0.15, -0.1) is 0 Å². The molecule has 2 heterocycles. The summed E-state index contributed by atoms with van der Waals surface area (Å²) in [5, 5.41) is 10.8. The lowest BCUT2D eigenvalue weighted by Crippen LogP contribution is -2.53. The van der Waals surface area contributed by atoms with Gasteiger partial charge in [-0.2, -0.15) is 0 Å². The molecule has 120 valence electrons. The Labute approximate surface area is 129 Å². The van der Waals surface area contributed by atoms with Crippen LogP contribution in [0.25, 0.3) is 0 Å². The lowest BCUT2D eigenvalue weighted by Gasteiger charge is -2.41. The minimum atomic E-state index is -0.381. The van der Waals surface area contributed by atoms with Crippen molar-refractivity contribution in [1.82, 2.24) is 14.5 Å². The summed E-state index contributed by atoms with van der Waals surface area (Å²) in [5.41, 5.74) is -0.187. The molecule has 1 aromatic heterocycles. The number of aliphatic hydroxyl groups excluding tert-OH is 1. The van der Waals surface area contributed by atoms with E-state index in [4.69, 9.17) is 0 Å². The second kappa shape index (κ2) is 7.41. The van der Waals surface area contributed by atoms with Gasteiger partial charge >= 0.3 is 0 Å². The van der Waals surface area contributed by atoms with Crippen molar-refractivity contribution in [2.45, 2.75) is 77.5 Å². The van der Waals surface area contributed by atoms with Gasteiger partial charge in [-0.1, -0.05) is 19.8 Å². The number of hydrogen-bond acceptors (Lipinski definition) is 3. The van der Waals surface area contributed by atoms with E-state index in [0.29, 0.717) is 6.42 Å². The third-order valence-electron chi connectivity index (χ3n) is 4.88. The first kappa shape index (κ1) is 16.5. The van der Waals surface area contributed by atoms with Crippen molar-refractivity contribution in [2.24, 2.45) is 0 Å². The zero-order valence-electron chi connectivity index (χ0n) is 13.9. The van der Waals surface area contributed by atoms with Gasteiger partial charge in [0, 0.05) is 30.9 Å². The first-order valence-electron chi connectivity index (χ1n) is 8.49. The van der Waals surface area contributed by atoms with Crippen molar-refractivity contribution in [1.29, 1.82) is 0 Å². The molecule has 0 aromatic carbocycles. The third-order valence-corrected chi connectivity index (χ3v) is 4.88. The van der Waals surface area contributed by atoms with Crippen LogP contribution >= 0.6 is 0 Å². The Bertz CT molecular complexity index is 419. The fourth-order valence-corrected chi connectivity index (χ4v) is 3.25. The quantitative estimate of drug-likeness (QED) is 0.877. The Morgan fingerprint density at radius 1 is 1.24 bits per heavy atom. The van der Waals surface area contributed by atoms with Gasteiger partial charge in [-0.3, -0.25) is 4.90 Å². The zero-order chi connectivity index (χ0) is 15.3. The molecule has 21 heavy (non-hydrogen) atoms. The second-order valence-corrected chi connectivity index (χ2v) is 6.81. The number of aryl methyl sites for hydroxylation is 1. The molecular formula is C17H31N3O. The standard InChI is InChI=1S/C17H31N3O/c1-4-10-19-13-9-18-16(19)14-15(21)17(2,3)20-11-7-5-6-8-12-20/h9,13,15,21H,4-8,10-12,14H2,1-3H3. The molecule has 0 radical (unpaired) electrons. The predicted octanol–water partition coefficient (Wildman–Crippen LogP) is 2.85. The largest absolute Gasteiger partial charge is 0.391 e. The monoisotopic (exact) mass is 293 g/mol. The normalized spacial score (nSPS) is 19.4. The number of likely N-dealkylation sites (tertiary alicyclic amines) is 1. The van der Waals surface area contributed by atoms with E-state index in [9.17, 15) is 5.11 Å². The van der Waals surface area contributed by atoms with Gasteiger partial charge in [0.15, 0.2) is 0 Å². The molecular weight excluding hydrogens is 262 g/mol. The van der Waals surface area contributed by atoms with Crippen LogP contribution in [0.4, 0.5) is 0 Å². The highest BCUT2D eigenvalue weighted by Crippen LogP contribution is 2.25. The van der Waals surface area contributed by atoms with E-state index in [1.165, 1.54) is 25.7 Å². The number of aliphatic hydroxyl groups is 1. The van der Waals surface area contributed by atoms with Crippen LogP contribution in [-0.4, -0.2) is 44.3 Å². The van der Waals surface area contributed by atoms with Crippen molar-refractivity contribution in [2.75, 3.05) is 13.1 Å². The van der Waals surface area contributed by atoms with Crippen molar-refractivity contribution in [3.8, 4) is 0 Å². The van der Waals surface area contributed by atoms with E-state index >= 15 is 0 Å². The Hall–Kier alpha value is -0.870. The van der Waals surface area contributed by atoms with Crippen LogP contribution in [0.1, 0.15) is 58.7 Å². The Morgan fingerprint density at radius 2 is 1.90 bits per heavy atom. The zero-order valence-corrected chi connectivity index (χ0v) is 13.9. The predicted molar refractivity (Wildman–Crippen MR) is 86.3 cm³/mol. The highest BCUT2D eigenvalue weighted by molar-refractivity contribution is 5.00. The second-order valence-electron chi connectivity index (χ2n) is 6.81. The number of nitrogens with zero attached hydrogens (tertiary/aromatic N) is 3. The molecule has 1 atom stereocenters. The average molecular weight is 293 g/mol. The van der Waals surface area contributed by atoms with Crippen LogP contribution in [0, 0.1) is 0 Å². The molecule has 0 aliphatic carbocycles. The molecule has 0 saturated carbocycles. The molecule has 1 fully saturated rings. The molecule has 1 aliphatic heterocycles. The van der Waals surface area contributed by atoms with Gasteiger partial charge in [0.2, 0.25) is 0 Å². The maximum Gasteiger partial charge on any atom is 0.111 e. The summed E-state index contributed by atoms with van der Waals surface area (Å²) in [7, 11) is 0. The molecule has 1 aliphatic rings. The lowest BCUT2D eigenvalue weighted by molar-refractivity contribution is -0.00924. The van der Waals surface area contributed by atoms with Gasteiger partial charge in [-0.25, -0.2) is 4.98 Å². The van der Waals surface area contributed by atoms with E-state index in [-0.39, 0.29) is 11.6 Å². The van der Waals surface area contributed by atoms with E-state index in [2.05, 4.69) is 35.2 Å². The molecule has 1 unspecified atom stereocenters. The van der Waals surface area contributed by atoms with Crippen molar-refractivity contribution in [3.63, 3.8) is 0 Å². The fourth-order valence-electron chi connectivity index (χ4n) is 3.25. The number of aromatic nitrogens is 2. The molecule has 1 saturated heterocycles. The van der Waals surface area contributed by atoms with Crippen LogP contribution in [0.2, 0.25) is 0 Å². The molecule has 1 N–H and O–H groups in total. The minimum Gasteiger partial charge on any atom is -0.391 e. The van der Waals surface area contributed by atoms with Crippen molar-refractivity contribution >= 4 is 0 Å². The molecule has 0 bridgehead atoms. The van der Waals surface area contributed by atoms with E-state index < -0.39 is 0 Å². The molecule has 2 rings (SSSR count). The Balaban J connectivity index is 2.02. The van der Waals surface area contributed by atoms with Crippen LogP contribution in [-0.2, 0) is 13.0 Å². The summed E-state index contributed by atoms with van der Waals surface area (Å²) >= 11 is 0. The van der Waals surface area contributed by atoms with E-state index in [1.807, 2.05) is 12.4 Å². The number of hydrogen-bond donors (Lipinski definition) is 1. The third kappa shape index (κ3) is 4.07. The highest BCUT2D eigenvalue weighted by Gasteiger charge is 2.35. The highest BCUT2D eigenvalue weighted by atomic mass is 16.3. The number of imidazole rings is 1. The first-order valence-corrected chi connectivity index (χ1v) is 8.49. The topological polar surface area (TPSA) is 41.3 Å². The molecule has 0 spiro atoms. The van der Waals surface area contributed by atoms with Gasteiger partial charge in [0.25, 0.3) is 0 Å². The van der Waals surface area contributed by atoms with Gasteiger partial charge in [0.05, 0.1) is 6.10 Å². The summed E-state index contributed by atoms with van der Waals surface area (Å²) in [4.78, 5) is 6.91. The molecule has 0 amide bonds. The maximum atomic E-state index is 10.8. The van der Waals surface area contributed by atoms with E-state index in [0.717, 1.165) is 31.9 Å².